The van der Waals surface area contributed by atoms with Crippen LogP contribution in [0.2, 0.25) is 0 Å². The fraction of sp³-hybridized carbons (Fsp3) is 0.667. The summed E-state index contributed by atoms with van der Waals surface area (Å²) >= 11 is 0. The quantitative estimate of drug-likeness (QED) is 0.0261. The van der Waals surface area contributed by atoms with Crippen molar-refractivity contribution in [2.75, 3.05) is 13.2 Å². The molecule has 0 amide bonds. The lowest BCUT2D eigenvalue weighted by Crippen LogP contribution is -2.30. The molecule has 0 aromatic heterocycles. The molecule has 0 spiro atoms. The molecule has 1 atom stereocenters. The molecule has 0 bridgehead atoms. The molecule has 0 saturated carbocycles. The van der Waals surface area contributed by atoms with Gasteiger partial charge in [-0.15, -0.1) is 0 Å². The molecular weight excluding hydrogens is 997 g/mol. The van der Waals surface area contributed by atoms with E-state index in [4.69, 9.17) is 14.2 Å². The van der Waals surface area contributed by atoms with Crippen LogP contribution in [-0.2, 0) is 28.6 Å². The SMILES string of the molecule is CC/C=C\C/C=C\C/C=C\C/C=C\C/C=C\C/C=C\CCCCCCCCC(=O)OCC(COC(=O)CCCCCCCCC/C=C\C/C=C\C/C=C\CC)OC(=O)CCCCCCCCCCC/C=C\C/C=C\CCCCCCC. The second-order valence-corrected chi connectivity index (χ2v) is 22.0. The van der Waals surface area contributed by atoms with Crippen LogP contribution in [-0.4, -0.2) is 37.2 Å². The van der Waals surface area contributed by atoms with E-state index in [1.54, 1.807) is 0 Å². The van der Waals surface area contributed by atoms with Crippen molar-refractivity contribution in [1.82, 2.24) is 0 Å². The lowest BCUT2D eigenvalue weighted by Gasteiger charge is -2.18. The minimum atomic E-state index is -0.798. The molecule has 0 aromatic rings. The zero-order valence-electron chi connectivity index (χ0n) is 52.8. The lowest BCUT2D eigenvalue weighted by molar-refractivity contribution is -0.167. The summed E-state index contributed by atoms with van der Waals surface area (Å²) in [5.41, 5.74) is 0. The van der Waals surface area contributed by atoms with Gasteiger partial charge in [-0.1, -0.05) is 283 Å². The highest BCUT2D eigenvalue weighted by Gasteiger charge is 2.19. The van der Waals surface area contributed by atoms with Crippen molar-refractivity contribution in [3.05, 3.63) is 134 Å². The minimum Gasteiger partial charge on any atom is -0.462 e. The number of hydrogen-bond donors (Lipinski definition) is 0. The van der Waals surface area contributed by atoms with Crippen molar-refractivity contribution in [3.8, 4) is 0 Å². The number of unbranched alkanes of at least 4 members (excludes halogenated alkanes) is 27. The fourth-order valence-electron chi connectivity index (χ4n) is 9.14. The lowest BCUT2D eigenvalue weighted by atomic mass is 10.1. The van der Waals surface area contributed by atoms with Gasteiger partial charge in [-0.05, 0) is 135 Å². The van der Waals surface area contributed by atoms with E-state index in [2.05, 4.69) is 154 Å². The van der Waals surface area contributed by atoms with Gasteiger partial charge < -0.3 is 14.2 Å². The molecule has 0 radical (unpaired) electrons. The number of allylic oxidation sites excluding steroid dienone is 22. The number of carbonyl (C=O) groups excluding carboxylic acids is 3. The van der Waals surface area contributed by atoms with E-state index in [0.29, 0.717) is 19.3 Å². The first kappa shape index (κ1) is 76.5. The van der Waals surface area contributed by atoms with Crippen molar-refractivity contribution in [1.29, 1.82) is 0 Å². The van der Waals surface area contributed by atoms with Crippen molar-refractivity contribution in [2.24, 2.45) is 0 Å². The van der Waals surface area contributed by atoms with Gasteiger partial charge in [0.15, 0.2) is 6.10 Å². The first-order chi connectivity index (χ1) is 40.0. The molecule has 0 rings (SSSR count). The molecule has 6 nitrogen and oxygen atoms in total. The molecule has 0 fully saturated rings. The van der Waals surface area contributed by atoms with Gasteiger partial charge in [0.1, 0.15) is 13.2 Å². The molecule has 1 unspecified atom stereocenters. The van der Waals surface area contributed by atoms with Crippen molar-refractivity contribution in [3.63, 3.8) is 0 Å². The smallest absolute Gasteiger partial charge is 0.306 e. The van der Waals surface area contributed by atoms with Crippen LogP contribution >= 0.6 is 0 Å². The second kappa shape index (κ2) is 68.1. The van der Waals surface area contributed by atoms with Crippen molar-refractivity contribution >= 4 is 17.9 Å². The molecule has 0 aliphatic rings. The van der Waals surface area contributed by atoms with E-state index >= 15 is 0 Å². The summed E-state index contributed by atoms with van der Waals surface area (Å²) in [6.07, 6.45) is 95.9. The van der Waals surface area contributed by atoms with E-state index in [-0.39, 0.29) is 31.1 Å². The van der Waals surface area contributed by atoms with Crippen LogP contribution in [0.1, 0.15) is 303 Å². The highest BCUT2D eigenvalue weighted by molar-refractivity contribution is 5.71. The van der Waals surface area contributed by atoms with Crippen LogP contribution in [0.15, 0.2) is 134 Å². The molecule has 0 heterocycles. The first-order valence-corrected chi connectivity index (χ1v) is 33.7. The highest BCUT2D eigenvalue weighted by atomic mass is 16.6. The molecule has 0 aromatic carbocycles. The summed E-state index contributed by atoms with van der Waals surface area (Å²) in [5.74, 6) is -0.915. The van der Waals surface area contributed by atoms with Crippen LogP contribution in [0.3, 0.4) is 0 Å². The van der Waals surface area contributed by atoms with Gasteiger partial charge in [0.05, 0.1) is 0 Å². The van der Waals surface area contributed by atoms with Crippen molar-refractivity contribution < 1.29 is 28.6 Å². The fourth-order valence-corrected chi connectivity index (χ4v) is 9.14. The predicted octanol–water partition coefficient (Wildman–Crippen LogP) is 23.3. The summed E-state index contributed by atoms with van der Waals surface area (Å²) in [6.45, 7) is 6.40. The van der Waals surface area contributed by atoms with Gasteiger partial charge in [-0.25, -0.2) is 0 Å². The summed E-state index contributed by atoms with van der Waals surface area (Å²) in [6, 6.07) is 0. The Morgan fingerprint density at radius 2 is 0.481 bits per heavy atom. The van der Waals surface area contributed by atoms with Crippen LogP contribution in [0, 0.1) is 0 Å². The highest BCUT2D eigenvalue weighted by Crippen LogP contribution is 2.16. The maximum atomic E-state index is 13.0. The standard InChI is InChI=1S/C75H124O6/c1-4-7-10-13-16-19-22-25-28-31-33-35-36-37-38-40-41-44-47-50-53-56-59-62-65-68-74(77)80-71-72(70-79-73(76)67-64-61-58-55-52-49-46-43-30-27-24-21-18-15-12-9-6-3)81-75(78)69-66-63-60-57-54-51-48-45-42-39-34-32-29-26-23-20-17-14-11-8-5-2/h7,9-10,12,16,18-19,21,23,25-28,30,32-35,37-38,41,44,72H,4-6,8,11,13-15,17,20,22,24,29,31,36,39-40,42-43,45-71H2,1-3H3/b10-7-,12-9-,19-16-,21-18-,26-23-,28-25-,30-27-,34-32-,35-33-,38-37-,44-41-. The van der Waals surface area contributed by atoms with Gasteiger partial charge in [-0.2, -0.15) is 0 Å². The topological polar surface area (TPSA) is 78.9 Å². The van der Waals surface area contributed by atoms with Gasteiger partial charge in [0.25, 0.3) is 0 Å². The second-order valence-electron chi connectivity index (χ2n) is 22.0. The van der Waals surface area contributed by atoms with Crippen LogP contribution in [0.25, 0.3) is 0 Å². The maximum absolute atomic E-state index is 13.0. The molecule has 0 aliphatic heterocycles. The molecule has 0 aliphatic carbocycles. The Hall–Kier alpha value is -4.45. The average Bonchev–Trinajstić information content (AvgIpc) is 3.47. The third-order valence-corrected chi connectivity index (χ3v) is 14.1. The van der Waals surface area contributed by atoms with E-state index in [0.717, 1.165) is 141 Å². The van der Waals surface area contributed by atoms with Crippen molar-refractivity contribution in [2.45, 2.75) is 309 Å². The normalized spacial score (nSPS) is 13.0. The third kappa shape index (κ3) is 66.2. The molecule has 0 N–H and O–H groups in total. The Morgan fingerprint density at radius 1 is 0.259 bits per heavy atom. The predicted molar refractivity (Wildman–Crippen MR) is 353 cm³/mol. The van der Waals surface area contributed by atoms with Crippen LogP contribution in [0.5, 0.6) is 0 Å². The zero-order chi connectivity index (χ0) is 58.5. The largest absolute Gasteiger partial charge is 0.462 e. The Morgan fingerprint density at radius 3 is 0.753 bits per heavy atom. The Labute approximate surface area is 500 Å². The van der Waals surface area contributed by atoms with Crippen LogP contribution < -0.4 is 0 Å². The Bertz CT molecular complexity index is 1720. The van der Waals surface area contributed by atoms with E-state index in [1.807, 2.05) is 0 Å². The first-order valence-electron chi connectivity index (χ1n) is 33.7. The van der Waals surface area contributed by atoms with E-state index in [1.165, 1.54) is 122 Å². The molecular formula is C75H124O6. The van der Waals surface area contributed by atoms with Gasteiger partial charge in [-0.3, -0.25) is 14.4 Å². The number of esters is 3. The zero-order valence-corrected chi connectivity index (χ0v) is 52.8. The molecule has 81 heavy (non-hydrogen) atoms. The number of ether oxygens (including phenoxy) is 3. The maximum Gasteiger partial charge on any atom is 0.306 e. The summed E-state index contributed by atoms with van der Waals surface area (Å²) < 4.78 is 17.0. The number of carbonyl (C=O) groups is 3. The van der Waals surface area contributed by atoms with Crippen LogP contribution in [0.4, 0.5) is 0 Å². The molecule has 6 heteroatoms. The number of rotatable bonds is 60. The molecule has 460 valence electrons. The number of hydrogen-bond acceptors (Lipinski definition) is 6. The molecule has 0 saturated heterocycles. The monoisotopic (exact) mass is 1120 g/mol. The van der Waals surface area contributed by atoms with E-state index in [9.17, 15) is 14.4 Å². The van der Waals surface area contributed by atoms with E-state index < -0.39 is 6.10 Å². The summed E-state index contributed by atoms with van der Waals surface area (Å²) in [7, 11) is 0. The van der Waals surface area contributed by atoms with Gasteiger partial charge >= 0.3 is 17.9 Å². The summed E-state index contributed by atoms with van der Waals surface area (Å²) in [4.78, 5) is 38.4. The van der Waals surface area contributed by atoms with Gasteiger partial charge in [0, 0.05) is 19.3 Å². The minimum absolute atomic E-state index is 0.0929. The Kier molecular flexibility index (Phi) is 64.3. The van der Waals surface area contributed by atoms with Gasteiger partial charge in [0.2, 0.25) is 0 Å². The Balaban J connectivity index is 4.44. The average molecular weight is 1120 g/mol. The summed E-state index contributed by atoms with van der Waals surface area (Å²) in [5, 5.41) is 0. The third-order valence-electron chi connectivity index (χ3n) is 14.1.